The smallest absolute Gasteiger partial charge is 0.0775 e. The number of hydrogen-bond acceptors (Lipinski definition) is 2. The standard InChI is InChI=1S/C18H17N.C11H19NSi/c1-19(2)18-13-6-5-11-17(18)16-12-7-9-14-8-3-4-10-15(14)16;1-12(2)10-6-8-11(9-7-10)13(3,4)5/h3-13H,1-2H3;6-9H,1-5H3. The molecule has 0 aliphatic heterocycles. The van der Waals surface area contributed by atoms with Gasteiger partial charge in [0.25, 0.3) is 0 Å². The van der Waals surface area contributed by atoms with Crippen molar-refractivity contribution >= 4 is 35.4 Å². The van der Waals surface area contributed by atoms with Gasteiger partial charge in [0.2, 0.25) is 0 Å². The number of benzene rings is 4. The van der Waals surface area contributed by atoms with Crippen molar-refractivity contribution in [3.63, 3.8) is 0 Å². The van der Waals surface area contributed by atoms with E-state index in [9.17, 15) is 0 Å². The second kappa shape index (κ2) is 10.1. The van der Waals surface area contributed by atoms with Crippen molar-refractivity contribution in [1.29, 1.82) is 0 Å². The summed E-state index contributed by atoms with van der Waals surface area (Å²) in [6, 6.07) is 32.5. The first-order valence-corrected chi connectivity index (χ1v) is 14.7. The Morgan fingerprint density at radius 2 is 1.09 bits per heavy atom. The molecule has 0 amide bonds. The first-order valence-electron chi connectivity index (χ1n) is 11.2. The van der Waals surface area contributed by atoms with E-state index in [1.807, 2.05) is 0 Å². The van der Waals surface area contributed by atoms with Gasteiger partial charge in [0.1, 0.15) is 0 Å². The van der Waals surface area contributed by atoms with Crippen molar-refractivity contribution in [2.75, 3.05) is 38.0 Å². The molecule has 0 aliphatic rings. The highest BCUT2D eigenvalue weighted by Crippen LogP contribution is 2.34. The van der Waals surface area contributed by atoms with Gasteiger partial charge in [-0.05, 0) is 34.5 Å². The maximum absolute atomic E-state index is 2.37. The summed E-state index contributed by atoms with van der Waals surface area (Å²) in [4.78, 5) is 4.30. The number of nitrogens with zero attached hydrogens (tertiary/aromatic N) is 2. The lowest BCUT2D eigenvalue weighted by atomic mass is 9.97. The molecule has 32 heavy (non-hydrogen) atoms. The zero-order chi connectivity index (χ0) is 23.3. The van der Waals surface area contributed by atoms with E-state index >= 15 is 0 Å². The molecule has 0 spiro atoms. The minimum atomic E-state index is -1.11. The Hall–Kier alpha value is -3.04. The van der Waals surface area contributed by atoms with Crippen LogP contribution in [0.1, 0.15) is 0 Å². The SMILES string of the molecule is CN(C)c1ccc([Si](C)(C)C)cc1.CN(C)c1ccccc1-c1cccc2ccccc12. The summed E-state index contributed by atoms with van der Waals surface area (Å²) in [5, 5.41) is 4.12. The molecule has 0 saturated heterocycles. The van der Waals surface area contributed by atoms with Gasteiger partial charge in [0.15, 0.2) is 0 Å². The van der Waals surface area contributed by atoms with Crippen molar-refractivity contribution in [2.45, 2.75) is 19.6 Å². The van der Waals surface area contributed by atoms with Gasteiger partial charge in [-0.2, -0.15) is 0 Å². The molecule has 2 nitrogen and oxygen atoms in total. The highest BCUT2D eigenvalue weighted by Gasteiger charge is 2.15. The highest BCUT2D eigenvalue weighted by molar-refractivity contribution is 6.88. The fourth-order valence-electron chi connectivity index (χ4n) is 3.81. The van der Waals surface area contributed by atoms with Gasteiger partial charge < -0.3 is 9.80 Å². The van der Waals surface area contributed by atoms with Crippen LogP contribution in [0, 0.1) is 0 Å². The van der Waals surface area contributed by atoms with Gasteiger partial charge in [-0.3, -0.25) is 0 Å². The third-order valence-electron chi connectivity index (χ3n) is 5.72. The van der Waals surface area contributed by atoms with Gasteiger partial charge in [-0.15, -0.1) is 0 Å². The second-order valence-electron chi connectivity index (χ2n) is 9.63. The molecule has 4 rings (SSSR count). The molecule has 0 atom stereocenters. The molecule has 4 aromatic carbocycles. The van der Waals surface area contributed by atoms with E-state index in [1.54, 1.807) is 0 Å². The summed E-state index contributed by atoms with van der Waals surface area (Å²) in [6.07, 6.45) is 0. The summed E-state index contributed by atoms with van der Waals surface area (Å²) < 4.78 is 0. The van der Waals surface area contributed by atoms with Gasteiger partial charge in [-0.25, -0.2) is 0 Å². The second-order valence-corrected chi connectivity index (χ2v) is 14.7. The Balaban J connectivity index is 0.000000195. The van der Waals surface area contributed by atoms with E-state index < -0.39 is 8.07 Å². The minimum Gasteiger partial charge on any atom is -0.378 e. The number of hydrogen-bond donors (Lipinski definition) is 0. The van der Waals surface area contributed by atoms with Crippen LogP contribution in [0.4, 0.5) is 11.4 Å². The summed E-state index contributed by atoms with van der Waals surface area (Å²) in [5.74, 6) is 0. The predicted molar refractivity (Wildman–Crippen MR) is 147 cm³/mol. The van der Waals surface area contributed by atoms with E-state index in [0.29, 0.717) is 0 Å². The van der Waals surface area contributed by atoms with E-state index in [0.717, 1.165) is 0 Å². The first kappa shape index (κ1) is 23.6. The number of fused-ring (bicyclic) bond motifs is 1. The van der Waals surface area contributed by atoms with Gasteiger partial charge >= 0.3 is 0 Å². The molecule has 0 saturated carbocycles. The Morgan fingerprint density at radius 1 is 0.531 bits per heavy atom. The van der Waals surface area contributed by atoms with Crippen LogP contribution >= 0.6 is 0 Å². The third-order valence-corrected chi connectivity index (χ3v) is 7.78. The van der Waals surface area contributed by atoms with Crippen molar-refractivity contribution in [3.05, 3.63) is 91.0 Å². The first-order chi connectivity index (χ1) is 15.2. The topological polar surface area (TPSA) is 6.48 Å². The quantitative estimate of drug-likeness (QED) is 0.319. The van der Waals surface area contributed by atoms with Crippen molar-refractivity contribution in [1.82, 2.24) is 0 Å². The fraction of sp³-hybridized carbons (Fsp3) is 0.241. The molecule has 0 fully saturated rings. The Morgan fingerprint density at radius 3 is 1.72 bits per heavy atom. The van der Waals surface area contributed by atoms with Crippen molar-refractivity contribution in [2.24, 2.45) is 0 Å². The molecule has 3 heteroatoms. The lowest BCUT2D eigenvalue weighted by Crippen LogP contribution is -2.37. The summed E-state index contributed by atoms with van der Waals surface area (Å²) >= 11 is 0. The van der Waals surface area contributed by atoms with Crippen LogP contribution in [-0.2, 0) is 0 Å². The van der Waals surface area contributed by atoms with E-state index in [2.05, 4.69) is 149 Å². The summed E-state index contributed by atoms with van der Waals surface area (Å²) in [7, 11) is 7.21. The van der Waals surface area contributed by atoms with Crippen LogP contribution in [0.2, 0.25) is 19.6 Å². The molecule has 0 N–H and O–H groups in total. The maximum atomic E-state index is 2.37. The van der Waals surface area contributed by atoms with Crippen molar-refractivity contribution in [3.8, 4) is 11.1 Å². The van der Waals surface area contributed by atoms with Crippen molar-refractivity contribution < 1.29 is 0 Å². The zero-order valence-corrected chi connectivity index (χ0v) is 21.6. The third kappa shape index (κ3) is 5.60. The number of rotatable bonds is 4. The molecule has 4 aromatic rings. The molecule has 0 heterocycles. The molecule has 0 aromatic heterocycles. The maximum Gasteiger partial charge on any atom is 0.0775 e. The van der Waals surface area contributed by atoms with Crippen LogP contribution in [-0.4, -0.2) is 36.3 Å². The Kier molecular flexibility index (Phi) is 7.42. The van der Waals surface area contributed by atoms with E-state index in [1.165, 1.54) is 38.5 Å². The van der Waals surface area contributed by atoms with E-state index in [-0.39, 0.29) is 0 Å². The molecule has 0 aliphatic carbocycles. The molecule has 166 valence electrons. The molecular formula is C29H36N2Si. The predicted octanol–water partition coefficient (Wildman–Crippen LogP) is 6.87. The largest absolute Gasteiger partial charge is 0.378 e. The van der Waals surface area contributed by atoms with Crippen LogP contribution in [0.5, 0.6) is 0 Å². The fourth-order valence-corrected chi connectivity index (χ4v) is 4.98. The van der Waals surface area contributed by atoms with Gasteiger partial charge in [0, 0.05) is 45.1 Å². The van der Waals surface area contributed by atoms with Gasteiger partial charge in [0.05, 0.1) is 8.07 Å². The Labute approximate surface area is 195 Å². The number of anilines is 2. The lowest BCUT2D eigenvalue weighted by molar-refractivity contribution is 1.13. The lowest BCUT2D eigenvalue weighted by Gasteiger charge is -2.18. The molecule has 0 bridgehead atoms. The van der Waals surface area contributed by atoms with E-state index in [4.69, 9.17) is 0 Å². The van der Waals surface area contributed by atoms with Crippen LogP contribution < -0.4 is 15.0 Å². The average Bonchev–Trinajstić information content (AvgIpc) is 2.78. The minimum absolute atomic E-state index is 1.11. The highest BCUT2D eigenvalue weighted by atomic mass is 28.3. The van der Waals surface area contributed by atoms with Crippen LogP contribution in [0.25, 0.3) is 21.9 Å². The zero-order valence-electron chi connectivity index (χ0n) is 20.6. The molecular weight excluding hydrogens is 404 g/mol. The molecule has 0 unspecified atom stereocenters. The monoisotopic (exact) mass is 440 g/mol. The Bertz CT molecular complexity index is 1150. The molecule has 0 radical (unpaired) electrons. The normalized spacial score (nSPS) is 11.0. The van der Waals surface area contributed by atoms with Crippen LogP contribution in [0.3, 0.4) is 0 Å². The van der Waals surface area contributed by atoms with Gasteiger partial charge in [-0.1, -0.05) is 97.6 Å². The summed E-state index contributed by atoms with van der Waals surface area (Å²) in [5.41, 5.74) is 5.10. The summed E-state index contributed by atoms with van der Waals surface area (Å²) in [6.45, 7) is 7.12. The number of para-hydroxylation sites is 1. The van der Waals surface area contributed by atoms with Crippen LogP contribution in [0.15, 0.2) is 91.0 Å². The average molecular weight is 441 g/mol.